The quantitative estimate of drug-likeness (QED) is 0.483. The van der Waals surface area contributed by atoms with Crippen LogP contribution in [0.2, 0.25) is 0 Å². The zero-order chi connectivity index (χ0) is 14.6. The van der Waals surface area contributed by atoms with Crippen molar-refractivity contribution in [2.24, 2.45) is 0 Å². The van der Waals surface area contributed by atoms with Crippen LogP contribution < -0.4 is 5.73 Å². The van der Waals surface area contributed by atoms with Crippen molar-refractivity contribution < 1.29 is 9.72 Å². The summed E-state index contributed by atoms with van der Waals surface area (Å²) in [5.41, 5.74) is 5.57. The number of carbonyl (C=O) groups is 1. The van der Waals surface area contributed by atoms with Crippen LogP contribution in [-0.2, 0) is 0 Å². The lowest BCUT2D eigenvalue weighted by Gasteiger charge is -2.19. The van der Waals surface area contributed by atoms with E-state index in [4.69, 9.17) is 5.73 Å². The highest BCUT2D eigenvalue weighted by atomic mass is 16.6. The van der Waals surface area contributed by atoms with Crippen molar-refractivity contribution in [3.63, 3.8) is 0 Å². The van der Waals surface area contributed by atoms with E-state index in [9.17, 15) is 14.9 Å². The number of hydrogen-bond donors (Lipinski definition) is 1. The molecular weight excluding hydrogens is 248 g/mol. The Labute approximate surface area is 111 Å². The van der Waals surface area contributed by atoms with Gasteiger partial charge in [-0.25, -0.2) is 0 Å². The second-order valence-corrected chi connectivity index (χ2v) is 4.56. The fraction of sp³-hybridized carbons (Fsp3) is 0.417. The number of anilines is 1. The van der Waals surface area contributed by atoms with Gasteiger partial charge in [0.1, 0.15) is 5.69 Å². The van der Waals surface area contributed by atoms with Crippen molar-refractivity contribution in [2.75, 3.05) is 40.0 Å². The lowest BCUT2D eigenvalue weighted by Crippen LogP contribution is -2.33. The summed E-state index contributed by atoms with van der Waals surface area (Å²) < 4.78 is 0. The van der Waals surface area contributed by atoms with E-state index < -0.39 is 4.92 Å². The molecule has 0 bridgehead atoms. The Morgan fingerprint density at radius 2 is 1.95 bits per heavy atom. The molecule has 0 radical (unpaired) electrons. The van der Waals surface area contributed by atoms with Crippen LogP contribution in [0.3, 0.4) is 0 Å². The molecule has 0 spiro atoms. The van der Waals surface area contributed by atoms with Gasteiger partial charge in [0.15, 0.2) is 0 Å². The molecule has 0 unspecified atom stereocenters. The van der Waals surface area contributed by atoms with Gasteiger partial charge in [0.25, 0.3) is 11.6 Å². The minimum atomic E-state index is -0.591. The monoisotopic (exact) mass is 266 g/mol. The van der Waals surface area contributed by atoms with E-state index >= 15 is 0 Å². The number of carbonyl (C=O) groups excluding carboxylic acids is 1. The van der Waals surface area contributed by atoms with E-state index in [1.807, 2.05) is 19.0 Å². The molecule has 0 aliphatic heterocycles. The molecule has 0 aliphatic rings. The number of rotatable bonds is 5. The molecule has 7 heteroatoms. The largest absolute Gasteiger partial charge is 0.393 e. The number of nitrogens with two attached hydrogens (primary N) is 1. The second-order valence-electron chi connectivity index (χ2n) is 4.56. The summed E-state index contributed by atoms with van der Waals surface area (Å²) in [4.78, 5) is 25.7. The first kappa shape index (κ1) is 14.9. The molecule has 1 amide bonds. The standard InChI is InChI=1S/C12H18N4O3/c1-14(2)6-7-15(3)12(17)9-4-5-10(13)11(8-9)16(18)19/h4-5,8H,6-7,13H2,1-3H3. The van der Waals surface area contributed by atoms with Gasteiger partial charge < -0.3 is 15.5 Å². The average Bonchev–Trinajstić information content (AvgIpc) is 2.35. The summed E-state index contributed by atoms with van der Waals surface area (Å²) in [6.45, 7) is 1.27. The Balaban J connectivity index is 2.88. The zero-order valence-electron chi connectivity index (χ0n) is 11.3. The number of nitro benzene ring substituents is 1. The maximum absolute atomic E-state index is 12.1. The molecule has 0 atom stereocenters. The van der Waals surface area contributed by atoms with Crippen molar-refractivity contribution in [3.8, 4) is 0 Å². The first-order valence-electron chi connectivity index (χ1n) is 5.77. The Kier molecular flexibility index (Phi) is 4.82. The van der Waals surface area contributed by atoms with E-state index in [1.165, 1.54) is 23.1 Å². The highest BCUT2D eigenvalue weighted by Crippen LogP contribution is 2.22. The van der Waals surface area contributed by atoms with Crippen LogP contribution >= 0.6 is 0 Å². The maximum atomic E-state index is 12.1. The van der Waals surface area contributed by atoms with Crippen LogP contribution in [0.15, 0.2) is 18.2 Å². The summed E-state index contributed by atoms with van der Waals surface area (Å²) in [6, 6.07) is 4.09. The van der Waals surface area contributed by atoms with Gasteiger partial charge in [-0.3, -0.25) is 14.9 Å². The predicted octanol–water partition coefficient (Wildman–Crippen LogP) is 0.811. The van der Waals surface area contributed by atoms with Gasteiger partial charge in [-0.1, -0.05) is 0 Å². The van der Waals surface area contributed by atoms with Gasteiger partial charge >= 0.3 is 0 Å². The number of benzene rings is 1. The van der Waals surface area contributed by atoms with Gasteiger partial charge in [-0.05, 0) is 26.2 Å². The number of hydrogen-bond acceptors (Lipinski definition) is 5. The normalized spacial score (nSPS) is 10.5. The molecule has 0 aliphatic carbocycles. The van der Waals surface area contributed by atoms with Gasteiger partial charge in [-0.15, -0.1) is 0 Å². The van der Waals surface area contributed by atoms with E-state index in [1.54, 1.807) is 7.05 Å². The molecule has 7 nitrogen and oxygen atoms in total. The van der Waals surface area contributed by atoms with Crippen molar-refractivity contribution in [3.05, 3.63) is 33.9 Å². The van der Waals surface area contributed by atoms with E-state index in [-0.39, 0.29) is 22.8 Å². The first-order valence-corrected chi connectivity index (χ1v) is 5.77. The van der Waals surface area contributed by atoms with E-state index in [0.29, 0.717) is 6.54 Å². The second kappa shape index (κ2) is 6.14. The molecule has 2 N–H and O–H groups in total. The minimum Gasteiger partial charge on any atom is -0.393 e. The van der Waals surface area contributed by atoms with Gasteiger partial charge in [-0.2, -0.15) is 0 Å². The molecule has 0 heterocycles. The highest BCUT2D eigenvalue weighted by molar-refractivity contribution is 5.95. The molecular formula is C12H18N4O3. The summed E-state index contributed by atoms with van der Waals surface area (Å²) >= 11 is 0. The Morgan fingerprint density at radius 3 is 2.47 bits per heavy atom. The number of nitro groups is 1. The van der Waals surface area contributed by atoms with Gasteiger partial charge in [0.2, 0.25) is 0 Å². The van der Waals surface area contributed by atoms with Crippen molar-refractivity contribution >= 4 is 17.3 Å². The van der Waals surface area contributed by atoms with Crippen LogP contribution in [0.1, 0.15) is 10.4 Å². The fourth-order valence-electron chi connectivity index (χ4n) is 1.51. The molecule has 0 saturated carbocycles. The lowest BCUT2D eigenvalue weighted by molar-refractivity contribution is -0.383. The van der Waals surface area contributed by atoms with Crippen molar-refractivity contribution in [2.45, 2.75) is 0 Å². The SMILES string of the molecule is CN(C)CCN(C)C(=O)c1ccc(N)c([N+](=O)[O-])c1. The Hall–Kier alpha value is -2.15. The summed E-state index contributed by atoms with van der Waals surface area (Å²) in [5, 5.41) is 10.8. The predicted molar refractivity (Wildman–Crippen MR) is 73.0 cm³/mol. The van der Waals surface area contributed by atoms with Crippen LogP contribution in [0.25, 0.3) is 0 Å². The van der Waals surface area contributed by atoms with E-state index in [2.05, 4.69) is 0 Å². The third-order valence-corrected chi connectivity index (χ3v) is 2.70. The number of nitrogens with zero attached hydrogens (tertiary/aromatic N) is 3. The molecule has 104 valence electrons. The number of amides is 1. The maximum Gasteiger partial charge on any atom is 0.292 e. The zero-order valence-corrected chi connectivity index (χ0v) is 11.3. The van der Waals surface area contributed by atoms with Gasteiger partial charge in [0.05, 0.1) is 4.92 Å². The Morgan fingerprint density at radius 1 is 1.32 bits per heavy atom. The van der Waals surface area contributed by atoms with E-state index in [0.717, 1.165) is 6.54 Å². The molecule has 1 rings (SSSR count). The molecule has 1 aromatic rings. The first-order chi connectivity index (χ1) is 8.82. The average molecular weight is 266 g/mol. The van der Waals surface area contributed by atoms with Crippen molar-refractivity contribution in [1.29, 1.82) is 0 Å². The van der Waals surface area contributed by atoms with Crippen LogP contribution in [-0.4, -0.2) is 54.9 Å². The third-order valence-electron chi connectivity index (χ3n) is 2.70. The molecule has 0 fully saturated rings. The topological polar surface area (TPSA) is 92.7 Å². The highest BCUT2D eigenvalue weighted by Gasteiger charge is 2.18. The summed E-state index contributed by atoms with van der Waals surface area (Å²) in [7, 11) is 5.48. The number of nitrogen functional groups attached to an aromatic ring is 1. The summed E-state index contributed by atoms with van der Waals surface area (Å²) in [5.74, 6) is -0.259. The fourth-order valence-corrected chi connectivity index (χ4v) is 1.51. The van der Waals surface area contributed by atoms with Crippen LogP contribution in [0.5, 0.6) is 0 Å². The summed E-state index contributed by atoms with van der Waals surface area (Å²) in [6.07, 6.45) is 0. The number of likely N-dealkylation sites (N-methyl/N-ethyl adjacent to an activating group) is 2. The minimum absolute atomic E-state index is 0.0532. The Bertz CT molecular complexity index is 488. The lowest BCUT2D eigenvalue weighted by atomic mass is 10.1. The smallest absolute Gasteiger partial charge is 0.292 e. The molecule has 1 aromatic carbocycles. The molecule has 0 saturated heterocycles. The van der Waals surface area contributed by atoms with Crippen molar-refractivity contribution in [1.82, 2.24) is 9.80 Å². The molecule has 19 heavy (non-hydrogen) atoms. The van der Waals surface area contributed by atoms with Gasteiger partial charge in [0, 0.05) is 31.8 Å². The van der Waals surface area contributed by atoms with Crippen LogP contribution in [0, 0.1) is 10.1 Å². The van der Waals surface area contributed by atoms with Crippen LogP contribution in [0.4, 0.5) is 11.4 Å². The molecule has 0 aromatic heterocycles. The third kappa shape index (κ3) is 3.92.